The molecule has 188 valence electrons. The number of benzene rings is 3. The number of likely N-dealkylation sites (tertiary alicyclic amines) is 1. The van der Waals surface area contributed by atoms with E-state index in [1.54, 1.807) is 4.90 Å². The summed E-state index contributed by atoms with van der Waals surface area (Å²) >= 11 is 0. The molecule has 2 aliphatic heterocycles. The van der Waals surface area contributed by atoms with Gasteiger partial charge in [-0.25, -0.2) is 0 Å². The van der Waals surface area contributed by atoms with Gasteiger partial charge in [0.25, 0.3) is 5.91 Å². The van der Waals surface area contributed by atoms with Crippen molar-refractivity contribution in [2.24, 2.45) is 0 Å². The molecule has 2 heterocycles. The lowest BCUT2D eigenvalue weighted by molar-refractivity contribution is 0.0726. The van der Waals surface area contributed by atoms with Crippen LogP contribution in [0.2, 0.25) is 0 Å². The Morgan fingerprint density at radius 3 is 2.58 bits per heavy atom. The van der Waals surface area contributed by atoms with Gasteiger partial charge in [0.05, 0.1) is 0 Å². The van der Waals surface area contributed by atoms with E-state index in [0.717, 1.165) is 49.2 Å². The number of anilines is 1. The molecule has 5 rings (SSSR count). The SMILES string of the molecule is CN1CCC(Nc2cccc3c2CN(C(=O)c2c(O)cc(O)cc2OCc2ccccc2)CC3)CC1. The smallest absolute Gasteiger partial charge is 0.261 e. The molecule has 2 aliphatic rings. The zero-order valence-corrected chi connectivity index (χ0v) is 20.6. The van der Waals surface area contributed by atoms with Crippen molar-refractivity contribution in [3.63, 3.8) is 0 Å². The molecule has 0 aromatic heterocycles. The normalized spacial score (nSPS) is 16.4. The minimum Gasteiger partial charge on any atom is -0.508 e. The quantitative estimate of drug-likeness (QED) is 0.479. The summed E-state index contributed by atoms with van der Waals surface area (Å²) in [5.41, 5.74) is 4.45. The standard InChI is InChI=1S/C29H33N3O4/c1-31-13-11-22(12-14-31)30-25-9-5-8-21-10-15-32(18-24(21)25)29(35)28-26(34)16-23(33)17-27(28)36-19-20-6-3-2-4-7-20/h2-9,16-17,22,30,33-34H,10-15,18-19H2,1H3. The van der Waals surface area contributed by atoms with E-state index < -0.39 is 0 Å². The van der Waals surface area contributed by atoms with E-state index in [-0.39, 0.29) is 35.3 Å². The van der Waals surface area contributed by atoms with Gasteiger partial charge in [0, 0.05) is 37.0 Å². The summed E-state index contributed by atoms with van der Waals surface area (Å²) < 4.78 is 5.92. The van der Waals surface area contributed by atoms with E-state index in [2.05, 4.69) is 35.5 Å². The number of aromatic hydroxyl groups is 2. The Kier molecular flexibility index (Phi) is 7.00. The lowest BCUT2D eigenvalue weighted by Gasteiger charge is -2.34. The van der Waals surface area contributed by atoms with E-state index in [0.29, 0.717) is 19.1 Å². The summed E-state index contributed by atoms with van der Waals surface area (Å²) in [7, 11) is 2.15. The van der Waals surface area contributed by atoms with Gasteiger partial charge in [0.2, 0.25) is 0 Å². The highest BCUT2D eigenvalue weighted by Crippen LogP contribution is 2.36. The molecule has 36 heavy (non-hydrogen) atoms. The first-order valence-corrected chi connectivity index (χ1v) is 12.6. The van der Waals surface area contributed by atoms with Crippen molar-refractivity contribution in [3.8, 4) is 17.2 Å². The summed E-state index contributed by atoms with van der Waals surface area (Å²) in [6.07, 6.45) is 2.92. The van der Waals surface area contributed by atoms with Crippen molar-refractivity contribution in [3.05, 3.63) is 82.9 Å². The number of fused-ring (bicyclic) bond motifs is 1. The molecule has 3 aromatic carbocycles. The highest BCUT2D eigenvalue weighted by atomic mass is 16.5. The van der Waals surface area contributed by atoms with Crippen LogP contribution >= 0.6 is 0 Å². The van der Waals surface area contributed by atoms with Crippen molar-refractivity contribution >= 4 is 11.6 Å². The van der Waals surface area contributed by atoms with Crippen LogP contribution in [0.15, 0.2) is 60.7 Å². The Morgan fingerprint density at radius 1 is 1.03 bits per heavy atom. The zero-order valence-electron chi connectivity index (χ0n) is 20.6. The third-order valence-electron chi connectivity index (χ3n) is 7.16. The summed E-state index contributed by atoms with van der Waals surface area (Å²) in [6.45, 7) is 3.36. The number of phenols is 2. The van der Waals surface area contributed by atoms with Crippen molar-refractivity contribution < 1.29 is 19.7 Å². The fourth-order valence-electron chi connectivity index (χ4n) is 5.07. The molecule has 7 nitrogen and oxygen atoms in total. The number of phenolic OH excluding ortho intramolecular Hbond substituents is 2. The van der Waals surface area contributed by atoms with Crippen molar-refractivity contribution in [2.45, 2.75) is 38.5 Å². The average Bonchev–Trinajstić information content (AvgIpc) is 2.89. The van der Waals surface area contributed by atoms with Crippen LogP contribution < -0.4 is 10.1 Å². The number of amides is 1. The topological polar surface area (TPSA) is 85.3 Å². The number of nitrogens with zero attached hydrogens (tertiary/aromatic N) is 2. The second kappa shape index (κ2) is 10.5. The van der Waals surface area contributed by atoms with Crippen LogP contribution in [0, 0.1) is 0 Å². The van der Waals surface area contributed by atoms with Gasteiger partial charge < -0.3 is 30.1 Å². The summed E-state index contributed by atoms with van der Waals surface area (Å²) in [5, 5.41) is 24.5. The van der Waals surface area contributed by atoms with Gasteiger partial charge in [-0.05, 0) is 62.2 Å². The van der Waals surface area contributed by atoms with Crippen molar-refractivity contribution in [2.75, 3.05) is 32.0 Å². The third kappa shape index (κ3) is 5.26. The summed E-state index contributed by atoms with van der Waals surface area (Å²) in [4.78, 5) is 17.8. The average molecular weight is 488 g/mol. The van der Waals surface area contributed by atoms with Crippen LogP contribution in [0.4, 0.5) is 5.69 Å². The number of rotatable bonds is 6. The summed E-state index contributed by atoms with van der Waals surface area (Å²) in [5.74, 6) is -0.576. The van der Waals surface area contributed by atoms with E-state index >= 15 is 0 Å². The molecule has 1 amide bonds. The third-order valence-corrected chi connectivity index (χ3v) is 7.16. The van der Waals surface area contributed by atoms with Crippen LogP contribution in [0.5, 0.6) is 17.2 Å². The minimum absolute atomic E-state index is 0.0768. The molecule has 3 N–H and O–H groups in total. The second-order valence-electron chi connectivity index (χ2n) is 9.75. The monoisotopic (exact) mass is 487 g/mol. The maximum Gasteiger partial charge on any atom is 0.261 e. The van der Waals surface area contributed by atoms with Gasteiger partial charge >= 0.3 is 0 Å². The van der Waals surface area contributed by atoms with Crippen LogP contribution in [0.1, 0.15) is 39.9 Å². The number of piperidine rings is 1. The van der Waals surface area contributed by atoms with E-state index in [1.165, 1.54) is 17.7 Å². The largest absolute Gasteiger partial charge is 0.508 e. The molecule has 0 atom stereocenters. The van der Waals surface area contributed by atoms with Gasteiger partial charge in [0.15, 0.2) is 0 Å². The summed E-state index contributed by atoms with van der Waals surface area (Å²) in [6, 6.07) is 18.9. The molecule has 1 saturated heterocycles. The van der Waals surface area contributed by atoms with Gasteiger partial charge in [-0.15, -0.1) is 0 Å². The molecule has 1 fully saturated rings. The lowest BCUT2D eigenvalue weighted by Crippen LogP contribution is -2.38. The molecule has 0 aliphatic carbocycles. The molecule has 0 saturated carbocycles. The zero-order chi connectivity index (χ0) is 25.1. The Labute approximate surface area is 211 Å². The second-order valence-corrected chi connectivity index (χ2v) is 9.75. The molecule has 0 spiro atoms. The van der Waals surface area contributed by atoms with Crippen LogP contribution in [-0.2, 0) is 19.6 Å². The fraction of sp³-hybridized carbons (Fsp3) is 0.345. The minimum atomic E-state index is -0.310. The Balaban J connectivity index is 1.36. The van der Waals surface area contributed by atoms with Gasteiger partial charge in [-0.3, -0.25) is 4.79 Å². The highest BCUT2D eigenvalue weighted by molar-refractivity contribution is 6.00. The Bertz CT molecular complexity index is 1220. The number of carbonyl (C=O) groups is 1. The van der Waals surface area contributed by atoms with E-state index in [1.807, 2.05) is 30.3 Å². The van der Waals surface area contributed by atoms with Gasteiger partial charge in [0.1, 0.15) is 29.4 Å². The number of nitrogens with one attached hydrogen (secondary N) is 1. The molecular formula is C29H33N3O4. The first kappa shape index (κ1) is 24.0. The predicted octanol–water partition coefficient (Wildman–Crippen LogP) is 4.38. The molecule has 7 heteroatoms. The fourth-order valence-corrected chi connectivity index (χ4v) is 5.07. The first-order valence-electron chi connectivity index (χ1n) is 12.6. The van der Waals surface area contributed by atoms with Gasteiger partial charge in [-0.1, -0.05) is 42.5 Å². The highest BCUT2D eigenvalue weighted by Gasteiger charge is 2.29. The van der Waals surface area contributed by atoms with Crippen LogP contribution in [0.3, 0.4) is 0 Å². The van der Waals surface area contributed by atoms with E-state index in [4.69, 9.17) is 4.74 Å². The van der Waals surface area contributed by atoms with Crippen molar-refractivity contribution in [1.29, 1.82) is 0 Å². The van der Waals surface area contributed by atoms with Crippen LogP contribution in [-0.4, -0.2) is 58.6 Å². The molecule has 0 radical (unpaired) electrons. The molecule has 0 bridgehead atoms. The number of ether oxygens (including phenoxy) is 1. The van der Waals surface area contributed by atoms with Crippen molar-refractivity contribution in [1.82, 2.24) is 9.80 Å². The number of hydrogen-bond donors (Lipinski definition) is 3. The maximum atomic E-state index is 13.7. The molecule has 0 unspecified atom stereocenters. The van der Waals surface area contributed by atoms with Crippen LogP contribution in [0.25, 0.3) is 0 Å². The lowest BCUT2D eigenvalue weighted by atomic mass is 9.96. The predicted molar refractivity (Wildman–Crippen MR) is 140 cm³/mol. The Morgan fingerprint density at radius 2 is 1.81 bits per heavy atom. The number of hydrogen-bond acceptors (Lipinski definition) is 6. The van der Waals surface area contributed by atoms with E-state index in [9.17, 15) is 15.0 Å². The Hall–Kier alpha value is -3.71. The maximum absolute atomic E-state index is 13.7. The molecule has 3 aromatic rings. The van der Waals surface area contributed by atoms with Gasteiger partial charge in [-0.2, -0.15) is 0 Å². The molecular weight excluding hydrogens is 454 g/mol. The number of carbonyl (C=O) groups excluding carboxylic acids is 1. The first-order chi connectivity index (χ1) is 17.5.